The van der Waals surface area contributed by atoms with Crippen molar-refractivity contribution in [1.82, 2.24) is 9.80 Å². The highest BCUT2D eigenvalue weighted by atomic mass is 35.5. The molecule has 4 atom stereocenters. The summed E-state index contributed by atoms with van der Waals surface area (Å²) >= 11 is 12.7. The Balaban J connectivity index is 0.000000188. The van der Waals surface area contributed by atoms with E-state index < -0.39 is 45.8 Å². The van der Waals surface area contributed by atoms with E-state index in [2.05, 4.69) is 0 Å². The molecule has 0 aromatic heterocycles. The van der Waals surface area contributed by atoms with Gasteiger partial charge in [0.25, 0.3) is 11.8 Å². The van der Waals surface area contributed by atoms with Gasteiger partial charge in [0, 0.05) is 46.2 Å². The molecule has 5 aromatic carbocycles. The summed E-state index contributed by atoms with van der Waals surface area (Å²) in [6, 6.07) is 32.7. The minimum atomic E-state index is -3.43. The second-order valence-corrected chi connectivity index (χ2v) is 18.5. The van der Waals surface area contributed by atoms with E-state index in [0.717, 1.165) is 43.4 Å². The van der Waals surface area contributed by atoms with Gasteiger partial charge in [-0.1, -0.05) is 102 Å². The fraction of sp³-hybridized carbons (Fsp3) is 0.292. The number of hydrogen-bond acceptors (Lipinski definition) is 7. The molecular formula is C48H46Cl2N2O9S. The van der Waals surface area contributed by atoms with Gasteiger partial charge in [-0.05, 0) is 109 Å². The van der Waals surface area contributed by atoms with E-state index in [1.807, 2.05) is 54.6 Å². The van der Waals surface area contributed by atoms with Crippen molar-refractivity contribution in [2.24, 2.45) is 0 Å². The predicted molar refractivity (Wildman–Crippen MR) is 236 cm³/mol. The van der Waals surface area contributed by atoms with Crippen molar-refractivity contribution in [1.29, 1.82) is 0 Å². The van der Waals surface area contributed by atoms with E-state index in [9.17, 15) is 37.8 Å². The van der Waals surface area contributed by atoms with Gasteiger partial charge >= 0.3 is 11.9 Å². The number of aliphatic carboxylic acids is 2. The second kappa shape index (κ2) is 19.2. The number of rotatable bonds is 9. The van der Waals surface area contributed by atoms with Gasteiger partial charge in [0.05, 0.1) is 17.0 Å². The molecule has 14 heteroatoms. The summed E-state index contributed by atoms with van der Waals surface area (Å²) in [7, 11) is -3.43. The van der Waals surface area contributed by atoms with Crippen molar-refractivity contribution in [3.8, 4) is 11.1 Å². The monoisotopic (exact) mass is 896 g/mol. The molecule has 2 amide bonds. The molecule has 8 rings (SSSR count). The molecule has 0 aliphatic carbocycles. The van der Waals surface area contributed by atoms with E-state index >= 15 is 0 Å². The number of carboxylic acid groups (broad SMARTS) is 2. The van der Waals surface area contributed by atoms with Crippen LogP contribution in [0, 0.1) is 0 Å². The van der Waals surface area contributed by atoms with E-state index in [4.69, 9.17) is 27.9 Å². The Hall–Kier alpha value is -5.53. The Bertz CT molecular complexity index is 2560. The number of carbonyl (C=O) groups excluding carboxylic acids is 2. The number of likely N-dealkylation sites (tertiary alicyclic amines) is 2. The van der Waals surface area contributed by atoms with Crippen molar-refractivity contribution in [2.45, 2.75) is 73.5 Å². The third-order valence-electron chi connectivity index (χ3n) is 11.9. The molecule has 0 radical (unpaired) electrons. The Morgan fingerprint density at radius 3 is 1.47 bits per heavy atom. The van der Waals surface area contributed by atoms with Crippen molar-refractivity contribution in [2.75, 3.05) is 19.5 Å². The predicted octanol–water partition coefficient (Wildman–Crippen LogP) is 9.51. The first-order chi connectivity index (χ1) is 29.7. The lowest BCUT2D eigenvalue weighted by atomic mass is 9.91. The topological polar surface area (TPSA) is 159 Å². The normalized spacial score (nSPS) is 20.3. The molecule has 62 heavy (non-hydrogen) atoms. The lowest BCUT2D eigenvalue weighted by Gasteiger charge is -2.29. The summed E-state index contributed by atoms with van der Waals surface area (Å²) in [4.78, 5) is 53.6. The van der Waals surface area contributed by atoms with Crippen LogP contribution in [-0.4, -0.2) is 83.7 Å². The Morgan fingerprint density at radius 1 is 0.581 bits per heavy atom. The van der Waals surface area contributed by atoms with Gasteiger partial charge in [-0.2, -0.15) is 0 Å². The zero-order chi connectivity index (χ0) is 44.1. The molecule has 0 bridgehead atoms. The van der Waals surface area contributed by atoms with Crippen LogP contribution in [0.4, 0.5) is 0 Å². The van der Waals surface area contributed by atoms with E-state index in [1.165, 1.54) is 15.4 Å². The van der Waals surface area contributed by atoms with Crippen LogP contribution in [0.3, 0.4) is 0 Å². The van der Waals surface area contributed by atoms with Gasteiger partial charge in [0.1, 0.15) is 12.1 Å². The highest BCUT2D eigenvalue weighted by molar-refractivity contribution is 7.90. The summed E-state index contributed by atoms with van der Waals surface area (Å²) in [5, 5.41) is 20.5. The second-order valence-electron chi connectivity index (χ2n) is 15.7. The van der Waals surface area contributed by atoms with Gasteiger partial charge in [0.2, 0.25) is 0 Å². The molecule has 0 unspecified atom stereocenters. The summed E-state index contributed by atoms with van der Waals surface area (Å²) < 4.78 is 29.7. The third-order valence-corrected chi connectivity index (χ3v) is 13.8. The van der Waals surface area contributed by atoms with Gasteiger partial charge < -0.3 is 24.7 Å². The van der Waals surface area contributed by atoms with Crippen molar-refractivity contribution in [3.63, 3.8) is 0 Å². The highest BCUT2D eigenvalue weighted by Gasteiger charge is 2.44. The van der Waals surface area contributed by atoms with Crippen LogP contribution in [0.2, 0.25) is 10.0 Å². The fourth-order valence-electron chi connectivity index (χ4n) is 8.82. The lowest BCUT2D eigenvalue weighted by molar-refractivity contribution is -0.142. The highest BCUT2D eigenvalue weighted by Crippen LogP contribution is 2.42. The standard InChI is InChI=1S/C25H22ClNO5S.C23H24ClNO4/c1-33(31,32)23-9-5-3-6-18(23)16-10-12-17(13-11-16)24(28)27-21(14-15-22(27)25(29)30)19-7-2-4-8-20(19)26;24-19-4-2-1-3-18(19)20-9-10-21(23(27)28)25(20)22(26)17-7-5-15(6-8-17)16-11-13-29-14-12-16/h2-13,21-22H,14-15H2,1H3,(H,29,30);1-8,16,20-21H,9-14H2,(H,27,28)/t21-,22+;20-,21+/m11/s1. The molecule has 3 heterocycles. The number of carboxylic acids is 2. The number of amides is 2. The Labute approximate surface area is 370 Å². The maximum atomic E-state index is 13.5. The van der Waals surface area contributed by atoms with Crippen LogP contribution >= 0.6 is 23.2 Å². The average Bonchev–Trinajstić information content (AvgIpc) is 3.93. The molecule has 11 nitrogen and oxygen atoms in total. The molecule has 3 saturated heterocycles. The molecule has 3 aliphatic heterocycles. The fourth-order valence-corrected chi connectivity index (χ4v) is 10.3. The maximum absolute atomic E-state index is 13.5. The molecule has 0 saturated carbocycles. The quantitative estimate of drug-likeness (QED) is 0.147. The van der Waals surface area contributed by atoms with Crippen LogP contribution in [0.25, 0.3) is 11.1 Å². The number of benzene rings is 5. The SMILES string of the molecule is CS(=O)(=O)c1ccccc1-c1ccc(C(=O)N2[C@@H](c3ccccc3Cl)CC[C@H]2C(=O)O)cc1.O=C(O)[C@@H]1CC[C@H](c2ccccc2Cl)N1C(=O)c1ccc(C2CCOCC2)cc1. The minimum absolute atomic E-state index is 0.202. The van der Waals surface area contributed by atoms with Gasteiger partial charge in [0.15, 0.2) is 9.84 Å². The smallest absolute Gasteiger partial charge is 0.326 e. The third kappa shape index (κ3) is 9.58. The molecule has 0 spiro atoms. The largest absolute Gasteiger partial charge is 0.480 e. The number of sulfone groups is 1. The van der Waals surface area contributed by atoms with Gasteiger partial charge in [-0.15, -0.1) is 0 Å². The minimum Gasteiger partial charge on any atom is -0.480 e. The molecular weight excluding hydrogens is 852 g/mol. The molecule has 5 aromatic rings. The zero-order valence-corrected chi connectivity index (χ0v) is 36.2. The maximum Gasteiger partial charge on any atom is 0.326 e. The molecule has 322 valence electrons. The Kier molecular flexibility index (Phi) is 13.8. The molecule has 2 N–H and O–H groups in total. The van der Waals surface area contributed by atoms with Crippen molar-refractivity contribution >= 4 is 56.8 Å². The first kappa shape index (κ1) is 44.5. The van der Waals surface area contributed by atoms with Crippen LogP contribution < -0.4 is 0 Å². The number of carbonyl (C=O) groups is 4. The zero-order valence-electron chi connectivity index (χ0n) is 33.9. The summed E-state index contributed by atoms with van der Waals surface area (Å²) in [6.45, 7) is 1.53. The van der Waals surface area contributed by atoms with Crippen molar-refractivity contribution in [3.05, 3.63) is 159 Å². The summed E-state index contributed by atoms with van der Waals surface area (Å²) in [6.07, 6.45) is 4.93. The van der Waals surface area contributed by atoms with Gasteiger partial charge in [-0.25, -0.2) is 18.0 Å². The number of nitrogens with zero attached hydrogens (tertiary/aromatic N) is 2. The number of hydrogen-bond donors (Lipinski definition) is 2. The summed E-state index contributed by atoms with van der Waals surface area (Å²) in [5.41, 5.74) is 4.72. The van der Waals surface area contributed by atoms with E-state index in [-0.39, 0.29) is 16.8 Å². The van der Waals surface area contributed by atoms with Crippen LogP contribution in [0.5, 0.6) is 0 Å². The summed E-state index contributed by atoms with van der Waals surface area (Å²) in [5.74, 6) is -2.27. The number of halogens is 2. The van der Waals surface area contributed by atoms with E-state index in [0.29, 0.717) is 63.9 Å². The average molecular weight is 898 g/mol. The molecule has 3 fully saturated rings. The van der Waals surface area contributed by atoms with Gasteiger partial charge in [-0.3, -0.25) is 9.59 Å². The first-order valence-electron chi connectivity index (χ1n) is 20.4. The first-order valence-corrected chi connectivity index (χ1v) is 23.1. The Morgan fingerprint density at radius 2 is 1.02 bits per heavy atom. The molecule has 3 aliphatic rings. The van der Waals surface area contributed by atoms with E-state index in [1.54, 1.807) is 66.7 Å². The van der Waals surface area contributed by atoms with Crippen LogP contribution in [0.1, 0.15) is 93.9 Å². The van der Waals surface area contributed by atoms with Crippen molar-refractivity contribution < 1.29 is 42.5 Å². The lowest BCUT2D eigenvalue weighted by Crippen LogP contribution is -2.41. The van der Waals surface area contributed by atoms with Crippen LogP contribution in [-0.2, 0) is 24.2 Å². The van der Waals surface area contributed by atoms with Crippen LogP contribution in [0.15, 0.2) is 126 Å². The number of ether oxygens (including phenoxy) is 1.